The molecule has 2 unspecified atom stereocenters. The van der Waals surface area contributed by atoms with E-state index < -0.39 is 0 Å². The molecule has 1 aliphatic rings. The zero-order valence-electron chi connectivity index (χ0n) is 6.39. The Balaban J connectivity index is 2.24. The van der Waals surface area contributed by atoms with Gasteiger partial charge in [-0.2, -0.15) is 0 Å². The molecule has 1 fully saturated rings. The van der Waals surface area contributed by atoms with E-state index in [4.69, 9.17) is 4.74 Å². The quantitative estimate of drug-likeness (QED) is 0.536. The van der Waals surface area contributed by atoms with Crippen LogP contribution in [0.1, 0.15) is 20.3 Å². The molecular formula is C7H13NO2. The first-order valence-corrected chi connectivity index (χ1v) is 3.59. The van der Waals surface area contributed by atoms with Gasteiger partial charge in [0.2, 0.25) is 0 Å². The van der Waals surface area contributed by atoms with Crippen molar-refractivity contribution in [1.29, 1.82) is 0 Å². The molecule has 1 N–H and O–H groups in total. The van der Waals surface area contributed by atoms with Crippen LogP contribution in [0, 0.1) is 0 Å². The van der Waals surface area contributed by atoms with Crippen molar-refractivity contribution < 1.29 is 9.53 Å². The normalized spacial score (nSPS) is 32.2. The topological polar surface area (TPSA) is 38.3 Å². The molecule has 0 radical (unpaired) electrons. The van der Waals surface area contributed by atoms with Crippen molar-refractivity contribution >= 4 is 5.97 Å². The lowest BCUT2D eigenvalue weighted by atomic mass is 10.2. The second kappa shape index (κ2) is 3.01. The van der Waals surface area contributed by atoms with E-state index >= 15 is 0 Å². The summed E-state index contributed by atoms with van der Waals surface area (Å²) in [7, 11) is 0. The molecule has 1 saturated heterocycles. The maximum absolute atomic E-state index is 10.5. The molecule has 3 nitrogen and oxygen atoms in total. The van der Waals surface area contributed by atoms with E-state index in [0.717, 1.165) is 13.0 Å². The minimum absolute atomic E-state index is 0.104. The second-order valence-electron chi connectivity index (χ2n) is 2.78. The molecule has 0 spiro atoms. The number of nitrogens with one attached hydrogen (secondary N) is 1. The van der Waals surface area contributed by atoms with Crippen LogP contribution in [-0.4, -0.2) is 24.7 Å². The van der Waals surface area contributed by atoms with Crippen LogP contribution in [0.4, 0.5) is 0 Å². The van der Waals surface area contributed by atoms with Gasteiger partial charge in [-0.1, -0.05) is 0 Å². The van der Waals surface area contributed by atoms with Gasteiger partial charge in [0.1, 0.15) is 6.10 Å². The van der Waals surface area contributed by atoms with Gasteiger partial charge in [-0.15, -0.1) is 0 Å². The molecule has 0 aliphatic carbocycles. The van der Waals surface area contributed by atoms with Gasteiger partial charge in [0, 0.05) is 25.9 Å². The number of esters is 1. The van der Waals surface area contributed by atoms with E-state index in [1.165, 1.54) is 6.92 Å². The summed E-state index contributed by atoms with van der Waals surface area (Å²) in [5.41, 5.74) is 0. The third-order valence-corrected chi connectivity index (χ3v) is 1.64. The van der Waals surface area contributed by atoms with Crippen molar-refractivity contribution in [3.05, 3.63) is 0 Å². The lowest BCUT2D eigenvalue weighted by Gasteiger charge is -2.07. The average molecular weight is 143 g/mol. The summed E-state index contributed by atoms with van der Waals surface area (Å²) in [4.78, 5) is 10.5. The first kappa shape index (κ1) is 7.54. The molecular weight excluding hydrogens is 130 g/mol. The van der Waals surface area contributed by atoms with Gasteiger partial charge in [-0.25, -0.2) is 0 Å². The SMILES string of the molecule is CC(=O)OC1CNC(C)C1. The smallest absolute Gasteiger partial charge is 0.302 e. The van der Waals surface area contributed by atoms with Crippen LogP contribution in [-0.2, 0) is 9.53 Å². The van der Waals surface area contributed by atoms with Gasteiger partial charge in [0.05, 0.1) is 0 Å². The summed E-state index contributed by atoms with van der Waals surface area (Å²) in [6.07, 6.45) is 1.05. The minimum Gasteiger partial charge on any atom is -0.461 e. The van der Waals surface area contributed by atoms with Crippen LogP contribution in [0.15, 0.2) is 0 Å². The Kier molecular flexibility index (Phi) is 2.27. The Morgan fingerprint density at radius 1 is 1.70 bits per heavy atom. The highest BCUT2D eigenvalue weighted by molar-refractivity contribution is 5.66. The Labute approximate surface area is 60.7 Å². The van der Waals surface area contributed by atoms with Gasteiger partial charge in [-0.3, -0.25) is 4.79 Å². The van der Waals surface area contributed by atoms with Gasteiger partial charge in [0.15, 0.2) is 0 Å². The molecule has 2 atom stereocenters. The van der Waals surface area contributed by atoms with Crippen molar-refractivity contribution in [2.75, 3.05) is 6.54 Å². The van der Waals surface area contributed by atoms with Crippen LogP contribution in [0.2, 0.25) is 0 Å². The molecule has 0 bridgehead atoms. The number of hydrogen-bond donors (Lipinski definition) is 1. The van der Waals surface area contributed by atoms with Crippen molar-refractivity contribution in [2.45, 2.75) is 32.4 Å². The Hall–Kier alpha value is -0.570. The fourth-order valence-electron chi connectivity index (χ4n) is 1.22. The predicted molar refractivity (Wildman–Crippen MR) is 37.6 cm³/mol. The standard InChI is InChI=1S/C7H13NO2/c1-5-3-7(4-8-5)10-6(2)9/h5,7-8H,3-4H2,1-2H3. The summed E-state index contributed by atoms with van der Waals surface area (Å²) in [5.74, 6) is -0.180. The number of ether oxygens (including phenoxy) is 1. The van der Waals surface area contributed by atoms with Crippen molar-refractivity contribution in [3.63, 3.8) is 0 Å². The zero-order valence-corrected chi connectivity index (χ0v) is 6.39. The Morgan fingerprint density at radius 3 is 2.80 bits per heavy atom. The molecule has 0 amide bonds. The number of carbonyl (C=O) groups excluding carboxylic acids is 1. The van der Waals surface area contributed by atoms with E-state index in [2.05, 4.69) is 12.2 Å². The van der Waals surface area contributed by atoms with Crippen LogP contribution in [0.25, 0.3) is 0 Å². The molecule has 1 rings (SSSR count). The Morgan fingerprint density at radius 2 is 2.40 bits per heavy atom. The van der Waals surface area contributed by atoms with Crippen molar-refractivity contribution in [1.82, 2.24) is 5.32 Å². The molecule has 1 heterocycles. The zero-order chi connectivity index (χ0) is 7.56. The Bertz CT molecular complexity index is 136. The lowest BCUT2D eigenvalue weighted by Crippen LogP contribution is -2.20. The summed E-state index contributed by atoms with van der Waals surface area (Å²) < 4.78 is 4.98. The van der Waals surface area contributed by atoms with Gasteiger partial charge in [-0.05, 0) is 6.92 Å². The first-order valence-electron chi connectivity index (χ1n) is 3.59. The summed E-state index contributed by atoms with van der Waals surface area (Å²) >= 11 is 0. The highest BCUT2D eigenvalue weighted by atomic mass is 16.5. The molecule has 0 aromatic heterocycles. The second-order valence-corrected chi connectivity index (χ2v) is 2.78. The molecule has 1 aliphatic heterocycles. The predicted octanol–water partition coefficient (Wildman–Crippen LogP) is 0.300. The largest absolute Gasteiger partial charge is 0.461 e. The molecule has 3 heteroatoms. The molecule has 10 heavy (non-hydrogen) atoms. The number of hydrogen-bond acceptors (Lipinski definition) is 3. The van der Waals surface area contributed by atoms with Gasteiger partial charge >= 0.3 is 5.97 Å². The van der Waals surface area contributed by atoms with Gasteiger partial charge in [0.25, 0.3) is 0 Å². The minimum atomic E-state index is -0.180. The summed E-state index contributed by atoms with van der Waals surface area (Å²) in [6.45, 7) is 4.34. The summed E-state index contributed by atoms with van der Waals surface area (Å²) in [5, 5.41) is 3.20. The number of rotatable bonds is 1. The fraction of sp³-hybridized carbons (Fsp3) is 0.857. The molecule has 0 aromatic rings. The van der Waals surface area contributed by atoms with E-state index in [-0.39, 0.29) is 12.1 Å². The van der Waals surface area contributed by atoms with E-state index in [1.54, 1.807) is 0 Å². The van der Waals surface area contributed by atoms with Gasteiger partial charge < -0.3 is 10.1 Å². The maximum atomic E-state index is 10.5. The third-order valence-electron chi connectivity index (χ3n) is 1.64. The van der Waals surface area contributed by atoms with Crippen molar-refractivity contribution in [3.8, 4) is 0 Å². The summed E-state index contributed by atoms with van der Waals surface area (Å²) in [6, 6.07) is 0.490. The monoisotopic (exact) mass is 143 g/mol. The van der Waals surface area contributed by atoms with E-state index in [0.29, 0.717) is 6.04 Å². The third kappa shape index (κ3) is 1.99. The molecule has 0 saturated carbocycles. The lowest BCUT2D eigenvalue weighted by molar-refractivity contribution is -0.145. The number of carbonyl (C=O) groups is 1. The van der Waals surface area contributed by atoms with Crippen LogP contribution < -0.4 is 5.32 Å². The van der Waals surface area contributed by atoms with E-state index in [9.17, 15) is 4.79 Å². The average Bonchev–Trinajstić information content (AvgIpc) is 2.13. The highest BCUT2D eigenvalue weighted by Crippen LogP contribution is 2.09. The molecule has 58 valence electrons. The highest BCUT2D eigenvalue weighted by Gasteiger charge is 2.22. The van der Waals surface area contributed by atoms with Crippen LogP contribution in [0.5, 0.6) is 0 Å². The fourth-order valence-corrected chi connectivity index (χ4v) is 1.22. The van der Waals surface area contributed by atoms with Crippen LogP contribution in [0.3, 0.4) is 0 Å². The van der Waals surface area contributed by atoms with Crippen LogP contribution >= 0.6 is 0 Å². The first-order chi connectivity index (χ1) is 4.68. The maximum Gasteiger partial charge on any atom is 0.302 e. The molecule has 0 aromatic carbocycles. The van der Waals surface area contributed by atoms with E-state index in [1.807, 2.05) is 0 Å². The van der Waals surface area contributed by atoms with Crippen molar-refractivity contribution in [2.24, 2.45) is 0 Å².